The number of aromatic nitrogens is 2. The summed E-state index contributed by atoms with van der Waals surface area (Å²) in [5.74, 6) is 0.555. The summed E-state index contributed by atoms with van der Waals surface area (Å²) in [7, 11) is 0. The molecule has 0 aliphatic carbocycles. The van der Waals surface area contributed by atoms with Gasteiger partial charge in [-0.3, -0.25) is 0 Å². The standard InChI is InChI=1S/C12H8BrF3N2/c1-7-17-10(6-11(13)18-7)8-2-4-9(5-3-8)12(14,15)16/h2-6H,1H3. The molecular formula is C12H8BrF3N2. The summed E-state index contributed by atoms with van der Waals surface area (Å²) in [6.45, 7) is 1.72. The van der Waals surface area contributed by atoms with Crippen LogP contribution in [0.2, 0.25) is 0 Å². The molecule has 0 aliphatic heterocycles. The molecule has 0 amide bonds. The lowest BCUT2D eigenvalue weighted by Gasteiger charge is -2.07. The second-order valence-electron chi connectivity index (χ2n) is 3.70. The number of hydrogen-bond donors (Lipinski definition) is 0. The molecule has 1 aromatic heterocycles. The lowest BCUT2D eigenvalue weighted by atomic mass is 10.1. The molecular weight excluding hydrogens is 309 g/mol. The Morgan fingerprint density at radius 1 is 1.06 bits per heavy atom. The molecule has 6 heteroatoms. The fraction of sp³-hybridized carbons (Fsp3) is 0.167. The lowest BCUT2D eigenvalue weighted by molar-refractivity contribution is -0.137. The van der Waals surface area contributed by atoms with Gasteiger partial charge in [0.1, 0.15) is 10.4 Å². The van der Waals surface area contributed by atoms with E-state index in [1.165, 1.54) is 12.1 Å². The fourth-order valence-electron chi connectivity index (χ4n) is 1.51. The van der Waals surface area contributed by atoms with Crippen LogP contribution in [0.4, 0.5) is 13.2 Å². The van der Waals surface area contributed by atoms with Crippen molar-refractivity contribution in [2.75, 3.05) is 0 Å². The van der Waals surface area contributed by atoms with Crippen molar-refractivity contribution in [1.29, 1.82) is 0 Å². The molecule has 0 fully saturated rings. The van der Waals surface area contributed by atoms with Crippen LogP contribution in [0, 0.1) is 6.92 Å². The van der Waals surface area contributed by atoms with Crippen molar-refractivity contribution in [3.63, 3.8) is 0 Å². The van der Waals surface area contributed by atoms with Gasteiger partial charge in [0.25, 0.3) is 0 Å². The number of aryl methyl sites for hydroxylation is 1. The summed E-state index contributed by atoms with van der Waals surface area (Å²) in [6, 6.07) is 6.55. The van der Waals surface area contributed by atoms with Crippen molar-refractivity contribution in [3.05, 3.63) is 46.3 Å². The SMILES string of the molecule is Cc1nc(Br)cc(-c2ccc(C(F)(F)F)cc2)n1. The van der Waals surface area contributed by atoms with E-state index in [2.05, 4.69) is 25.9 Å². The molecule has 2 nitrogen and oxygen atoms in total. The van der Waals surface area contributed by atoms with Crippen LogP contribution >= 0.6 is 15.9 Å². The van der Waals surface area contributed by atoms with Crippen LogP contribution in [0.15, 0.2) is 34.9 Å². The monoisotopic (exact) mass is 316 g/mol. The van der Waals surface area contributed by atoms with E-state index < -0.39 is 11.7 Å². The van der Waals surface area contributed by atoms with Gasteiger partial charge in [0, 0.05) is 5.56 Å². The normalized spacial score (nSPS) is 11.6. The minimum atomic E-state index is -4.32. The van der Waals surface area contributed by atoms with E-state index in [0.717, 1.165) is 12.1 Å². The average molecular weight is 317 g/mol. The molecule has 1 aromatic carbocycles. The summed E-state index contributed by atoms with van der Waals surface area (Å²) in [5, 5.41) is 0. The molecule has 0 saturated heterocycles. The Kier molecular flexibility index (Phi) is 3.38. The minimum Gasteiger partial charge on any atom is -0.233 e. The second kappa shape index (κ2) is 4.68. The van der Waals surface area contributed by atoms with Crippen molar-refractivity contribution in [2.45, 2.75) is 13.1 Å². The lowest BCUT2D eigenvalue weighted by Crippen LogP contribution is -2.04. The molecule has 0 saturated carbocycles. The molecule has 0 spiro atoms. The van der Waals surface area contributed by atoms with Gasteiger partial charge in [0.2, 0.25) is 0 Å². The van der Waals surface area contributed by atoms with Crippen molar-refractivity contribution in [2.24, 2.45) is 0 Å². The van der Waals surface area contributed by atoms with Gasteiger partial charge in [-0.2, -0.15) is 13.2 Å². The van der Waals surface area contributed by atoms with Crippen LogP contribution in [0.5, 0.6) is 0 Å². The third kappa shape index (κ3) is 2.87. The Morgan fingerprint density at radius 3 is 2.17 bits per heavy atom. The van der Waals surface area contributed by atoms with Crippen LogP contribution < -0.4 is 0 Å². The fourth-order valence-corrected chi connectivity index (χ4v) is 1.98. The zero-order valence-electron chi connectivity index (χ0n) is 9.29. The predicted octanol–water partition coefficient (Wildman–Crippen LogP) is 4.23. The Balaban J connectivity index is 2.40. The summed E-state index contributed by atoms with van der Waals surface area (Å²) in [6.07, 6.45) is -4.32. The van der Waals surface area contributed by atoms with Gasteiger partial charge in [0.05, 0.1) is 11.3 Å². The molecule has 18 heavy (non-hydrogen) atoms. The number of hydrogen-bond acceptors (Lipinski definition) is 2. The maximum absolute atomic E-state index is 12.4. The molecule has 2 rings (SSSR count). The number of alkyl halides is 3. The van der Waals surface area contributed by atoms with E-state index in [9.17, 15) is 13.2 Å². The summed E-state index contributed by atoms with van der Waals surface area (Å²) in [4.78, 5) is 8.22. The summed E-state index contributed by atoms with van der Waals surface area (Å²) in [5.41, 5.74) is 0.536. The molecule has 0 bridgehead atoms. The first-order valence-electron chi connectivity index (χ1n) is 5.05. The van der Waals surface area contributed by atoms with Gasteiger partial charge in [-0.1, -0.05) is 12.1 Å². The van der Waals surface area contributed by atoms with Crippen LogP contribution in [0.25, 0.3) is 11.3 Å². The molecule has 0 aliphatic rings. The molecule has 0 radical (unpaired) electrons. The Bertz CT molecular complexity index is 544. The summed E-state index contributed by atoms with van der Waals surface area (Å²) < 4.78 is 37.9. The van der Waals surface area contributed by atoms with E-state index in [0.29, 0.717) is 21.7 Å². The first-order chi connectivity index (χ1) is 8.36. The highest BCUT2D eigenvalue weighted by molar-refractivity contribution is 9.10. The van der Waals surface area contributed by atoms with Crippen molar-refractivity contribution in [3.8, 4) is 11.3 Å². The van der Waals surface area contributed by atoms with Gasteiger partial charge in [-0.25, -0.2) is 9.97 Å². The van der Waals surface area contributed by atoms with Crippen molar-refractivity contribution >= 4 is 15.9 Å². The number of nitrogens with zero attached hydrogens (tertiary/aromatic N) is 2. The zero-order chi connectivity index (χ0) is 13.3. The predicted molar refractivity (Wildman–Crippen MR) is 64.9 cm³/mol. The maximum atomic E-state index is 12.4. The highest BCUT2D eigenvalue weighted by Gasteiger charge is 2.29. The van der Waals surface area contributed by atoms with E-state index >= 15 is 0 Å². The van der Waals surface area contributed by atoms with Crippen LogP contribution in [0.3, 0.4) is 0 Å². The van der Waals surface area contributed by atoms with E-state index in [1.54, 1.807) is 13.0 Å². The third-order valence-corrected chi connectivity index (χ3v) is 2.72. The molecule has 94 valence electrons. The van der Waals surface area contributed by atoms with Gasteiger partial charge in [0.15, 0.2) is 0 Å². The first kappa shape index (κ1) is 13.0. The van der Waals surface area contributed by atoms with Gasteiger partial charge in [-0.15, -0.1) is 0 Å². The molecule has 0 atom stereocenters. The van der Waals surface area contributed by atoms with Crippen LogP contribution in [0.1, 0.15) is 11.4 Å². The Morgan fingerprint density at radius 2 is 1.67 bits per heavy atom. The topological polar surface area (TPSA) is 25.8 Å². The van der Waals surface area contributed by atoms with Crippen LogP contribution in [-0.4, -0.2) is 9.97 Å². The van der Waals surface area contributed by atoms with Gasteiger partial charge >= 0.3 is 6.18 Å². The Hall–Kier alpha value is -1.43. The molecule has 2 aromatic rings. The minimum absolute atomic E-state index is 0.555. The van der Waals surface area contributed by atoms with Crippen LogP contribution in [-0.2, 0) is 6.18 Å². The smallest absolute Gasteiger partial charge is 0.233 e. The second-order valence-corrected chi connectivity index (χ2v) is 4.51. The van der Waals surface area contributed by atoms with Gasteiger partial charge < -0.3 is 0 Å². The third-order valence-electron chi connectivity index (χ3n) is 2.31. The maximum Gasteiger partial charge on any atom is 0.416 e. The van der Waals surface area contributed by atoms with Gasteiger partial charge in [-0.05, 0) is 41.1 Å². The van der Waals surface area contributed by atoms with Crippen molar-refractivity contribution in [1.82, 2.24) is 9.97 Å². The summed E-state index contributed by atoms with van der Waals surface area (Å²) >= 11 is 3.23. The quantitative estimate of drug-likeness (QED) is 0.736. The number of rotatable bonds is 1. The number of halogens is 4. The molecule has 1 heterocycles. The molecule has 0 unspecified atom stereocenters. The number of benzene rings is 1. The van der Waals surface area contributed by atoms with E-state index in [4.69, 9.17) is 0 Å². The van der Waals surface area contributed by atoms with E-state index in [-0.39, 0.29) is 0 Å². The van der Waals surface area contributed by atoms with Crippen molar-refractivity contribution < 1.29 is 13.2 Å². The molecule has 0 N–H and O–H groups in total. The Labute approximate surface area is 110 Å². The average Bonchev–Trinajstić information content (AvgIpc) is 2.27. The highest BCUT2D eigenvalue weighted by atomic mass is 79.9. The van der Waals surface area contributed by atoms with E-state index in [1.807, 2.05) is 0 Å². The highest BCUT2D eigenvalue weighted by Crippen LogP contribution is 2.30. The first-order valence-corrected chi connectivity index (χ1v) is 5.84. The largest absolute Gasteiger partial charge is 0.416 e. The zero-order valence-corrected chi connectivity index (χ0v) is 10.9.